The third-order valence-corrected chi connectivity index (χ3v) is 3.87. The van der Waals surface area contributed by atoms with Gasteiger partial charge in [-0.15, -0.1) is 0 Å². The lowest BCUT2D eigenvalue weighted by atomic mass is 10.0. The van der Waals surface area contributed by atoms with Gasteiger partial charge in [0.25, 0.3) is 5.91 Å². The molecule has 0 spiro atoms. The third kappa shape index (κ3) is 2.89. The number of aryl methyl sites for hydroxylation is 1. The number of nitrogens with zero attached hydrogens (tertiary/aromatic N) is 1. The Morgan fingerprint density at radius 1 is 1.37 bits per heavy atom. The minimum Gasteiger partial charge on any atom is -0.480 e. The molecule has 102 valence electrons. The number of amides is 1. The van der Waals surface area contributed by atoms with E-state index < -0.39 is 12.0 Å². The van der Waals surface area contributed by atoms with Crippen LogP contribution < -0.4 is 0 Å². The maximum Gasteiger partial charge on any atom is 0.326 e. The van der Waals surface area contributed by atoms with Gasteiger partial charge in [-0.1, -0.05) is 17.7 Å². The molecule has 1 atom stereocenters. The molecule has 4 nitrogen and oxygen atoms in total. The number of halogens is 1. The molecule has 1 aromatic carbocycles. The number of hydrogen-bond acceptors (Lipinski definition) is 2. The van der Waals surface area contributed by atoms with Crippen molar-refractivity contribution in [3.8, 4) is 0 Å². The zero-order valence-corrected chi connectivity index (χ0v) is 11.5. The van der Waals surface area contributed by atoms with Gasteiger partial charge in [0.05, 0.1) is 0 Å². The van der Waals surface area contributed by atoms with Gasteiger partial charge in [-0.3, -0.25) is 4.79 Å². The van der Waals surface area contributed by atoms with Crippen LogP contribution in [0.2, 0.25) is 5.02 Å². The summed E-state index contributed by atoms with van der Waals surface area (Å²) in [6, 6.07) is 4.35. The number of carboxylic acid groups (broad SMARTS) is 1. The van der Waals surface area contributed by atoms with Crippen LogP contribution in [0.4, 0.5) is 0 Å². The Kier molecular flexibility index (Phi) is 4.10. The molecule has 19 heavy (non-hydrogen) atoms. The van der Waals surface area contributed by atoms with E-state index in [-0.39, 0.29) is 5.91 Å². The molecule has 0 aliphatic carbocycles. The largest absolute Gasteiger partial charge is 0.480 e. The number of carbonyl (C=O) groups excluding carboxylic acids is 1. The van der Waals surface area contributed by atoms with Gasteiger partial charge in [-0.2, -0.15) is 0 Å². The standard InChI is InChI=1S/C14H16ClNO3/c1-9-5-6-10(8-11(9)15)13(17)16-7-3-2-4-12(16)14(18)19/h5-6,8,12H,2-4,7H2,1H3,(H,18,19). The number of piperidine rings is 1. The average Bonchev–Trinajstić information content (AvgIpc) is 2.41. The molecule has 1 unspecified atom stereocenters. The first-order valence-corrected chi connectivity index (χ1v) is 6.68. The van der Waals surface area contributed by atoms with Gasteiger partial charge in [-0.25, -0.2) is 4.79 Å². The summed E-state index contributed by atoms with van der Waals surface area (Å²) in [5, 5.41) is 9.71. The van der Waals surface area contributed by atoms with Crippen molar-refractivity contribution >= 4 is 23.5 Å². The summed E-state index contributed by atoms with van der Waals surface area (Å²) >= 11 is 6.01. The first-order chi connectivity index (χ1) is 9.00. The Balaban J connectivity index is 2.26. The first-order valence-electron chi connectivity index (χ1n) is 6.30. The number of carboxylic acids is 1. The Morgan fingerprint density at radius 2 is 2.11 bits per heavy atom. The summed E-state index contributed by atoms with van der Waals surface area (Å²) in [4.78, 5) is 25.0. The highest BCUT2D eigenvalue weighted by Gasteiger charge is 2.32. The number of carbonyl (C=O) groups is 2. The predicted molar refractivity (Wildman–Crippen MR) is 72.5 cm³/mol. The molecular weight excluding hydrogens is 266 g/mol. The van der Waals surface area contributed by atoms with Crippen molar-refractivity contribution < 1.29 is 14.7 Å². The van der Waals surface area contributed by atoms with Crippen molar-refractivity contribution in [3.05, 3.63) is 34.3 Å². The molecular formula is C14H16ClNO3. The molecule has 2 rings (SSSR count). The maximum atomic E-state index is 12.4. The van der Waals surface area contributed by atoms with Gasteiger partial charge in [0.15, 0.2) is 0 Å². The van der Waals surface area contributed by atoms with Gasteiger partial charge < -0.3 is 10.0 Å². The Morgan fingerprint density at radius 3 is 2.74 bits per heavy atom. The maximum absolute atomic E-state index is 12.4. The fourth-order valence-electron chi connectivity index (χ4n) is 2.32. The van der Waals surface area contributed by atoms with Crippen molar-refractivity contribution in [2.45, 2.75) is 32.2 Å². The van der Waals surface area contributed by atoms with E-state index >= 15 is 0 Å². The molecule has 5 heteroatoms. The smallest absolute Gasteiger partial charge is 0.326 e. The number of aliphatic carboxylic acids is 1. The first kappa shape index (κ1) is 13.9. The zero-order valence-electron chi connectivity index (χ0n) is 10.7. The van der Waals surface area contributed by atoms with Crippen LogP contribution in [0.25, 0.3) is 0 Å². The van der Waals surface area contributed by atoms with E-state index in [0.717, 1.165) is 18.4 Å². The van der Waals surface area contributed by atoms with Gasteiger partial charge in [0, 0.05) is 17.1 Å². The lowest BCUT2D eigenvalue weighted by molar-refractivity contribution is -0.143. The van der Waals surface area contributed by atoms with Crippen molar-refractivity contribution in [1.29, 1.82) is 0 Å². The molecule has 1 amide bonds. The van der Waals surface area contributed by atoms with Crippen LogP contribution in [0, 0.1) is 6.92 Å². The summed E-state index contributed by atoms with van der Waals surface area (Å²) in [5.74, 6) is -1.19. The Labute approximate surface area is 117 Å². The minimum absolute atomic E-state index is 0.256. The molecule has 1 N–H and O–H groups in total. The monoisotopic (exact) mass is 281 g/mol. The van der Waals surface area contributed by atoms with Crippen LogP contribution in [0.1, 0.15) is 35.2 Å². The van der Waals surface area contributed by atoms with Gasteiger partial charge in [0.1, 0.15) is 6.04 Å². The quantitative estimate of drug-likeness (QED) is 0.907. The van der Waals surface area contributed by atoms with Crippen molar-refractivity contribution in [2.24, 2.45) is 0 Å². The van der Waals surface area contributed by atoms with Crippen molar-refractivity contribution in [3.63, 3.8) is 0 Å². The summed E-state index contributed by atoms with van der Waals surface area (Å²) in [6.07, 6.45) is 2.20. The van der Waals surface area contributed by atoms with Gasteiger partial charge >= 0.3 is 5.97 Å². The zero-order chi connectivity index (χ0) is 14.0. The SMILES string of the molecule is Cc1ccc(C(=O)N2CCCCC2C(=O)O)cc1Cl. The Hall–Kier alpha value is -1.55. The van der Waals surface area contributed by atoms with E-state index in [0.29, 0.717) is 23.6 Å². The minimum atomic E-state index is -0.939. The van der Waals surface area contributed by atoms with E-state index in [1.165, 1.54) is 4.90 Å². The van der Waals surface area contributed by atoms with Crippen LogP contribution in [0.5, 0.6) is 0 Å². The second-order valence-electron chi connectivity index (χ2n) is 4.81. The molecule has 1 aliphatic rings. The van der Waals surface area contributed by atoms with Crippen molar-refractivity contribution in [1.82, 2.24) is 4.90 Å². The second-order valence-corrected chi connectivity index (χ2v) is 5.22. The van der Waals surface area contributed by atoms with E-state index in [1.807, 2.05) is 6.92 Å². The third-order valence-electron chi connectivity index (χ3n) is 3.47. The highest BCUT2D eigenvalue weighted by atomic mass is 35.5. The molecule has 0 aromatic heterocycles. The van der Waals surface area contributed by atoms with Crippen molar-refractivity contribution in [2.75, 3.05) is 6.54 Å². The normalized spacial score (nSPS) is 19.3. The Bertz CT molecular complexity index is 515. The number of rotatable bonds is 2. The molecule has 0 saturated carbocycles. The number of likely N-dealkylation sites (tertiary alicyclic amines) is 1. The molecule has 0 bridgehead atoms. The average molecular weight is 282 g/mol. The fourth-order valence-corrected chi connectivity index (χ4v) is 2.50. The highest BCUT2D eigenvalue weighted by Crippen LogP contribution is 2.22. The summed E-state index contributed by atoms with van der Waals surface area (Å²) in [7, 11) is 0. The van der Waals surface area contributed by atoms with Crippen LogP contribution in [0.15, 0.2) is 18.2 Å². The number of benzene rings is 1. The summed E-state index contributed by atoms with van der Waals surface area (Å²) in [6.45, 7) is 2.35. The van der Waals surface area contributed by atoms with E-state index in [4.69, 9.17) is 11.6 Å². The van der Waals surface area contributed by atoms with Gasteiger partial charge in [-0.05, 0) is 43.9 Å². The molecule has 0 radical (unpaired) electrons. The highest BCUT2D eigenvalue weighted by molar-refractivity contribution is 6.31. The van der Waals surface area contributed by atoms with E-state index in [9.17, 15) is 14.7 Å². The number of hydrogen-bond donors (Lipinski definition) is 1. The summed E-state index contributed by atoms with van der Waals surface area (Å²) in [5.41, 5.74) is 1.34. The van der Waals surface area contributed by atoms with Gasteiger partial charge in [0.2, 0.25) is 0 Å². The topological polar surface area (TPSA) is 57.6 Å². The lowest BCUT2D eigenvalue weighted by Gasteiger charge is -2.33. The predicted octanol–water partition coefficient (Wildman–Crippen LogP) is 2.73. The van der Waals surface area contributed by atoms with Crippen LogP contribution in [0.3, 0.4) is 0 Å². The van der Waals surface area contributed by atoms with Crippen LogP contribution in [-0.2, 0) is 4.79 Å². The molecule has 1 aromatic rings. The van der Waals surface area contributed by atoms with Crippen LogP contribution in [-0.4, -0.2) is 34.5 Å². The molecule has 1 fully saturated rings. The molecule has 1 saturated heterocycles. The van der Waals surface area contributed by atoms with Crippen LogP contribution >= 0.6 is 11.6 Å². The summed E-state index contributed by atoms with van der Waals surface area (Å²) < 4.78 is 0. The lowest BCUT2D eigenvalue weighted by Crippen LogP contribution is -2.47. The molecule has 1 aliphatic heterocycles. The second kappa shape index (κ2) is 5.61. The van der Waals surface area contributed by atoms with E-state index in [1.54, 1.807) is 18.2 Å². The fraction of sp³-hybridized carbons (Fsp3) is 0.429. The molecule has 1 heterocycles. The van der Waals surface area contributed by atoms with E-state index in [2.05, 4.69) is 0 Å².